The van der Waals surface area contributed by atoms with E-state index in [1.165, 1.54) is 6.08 Å². The highest BCUT2D eigenvalue weighted by Gasteiger charge is 2.33. The number of benzene rings is 1. The van der Waals surface area contributed by atoms with E-state index in [1.54, 1.807) is 73.7 Å². The van der Waals surface area contributed by atoms with Gasteiger partial charge in [-0.1, -0.05) is 55.7 Å². The van der Waals surface area contributed by atoms with Gasteiger partial charge in [0.15, 0.2) is 0 Å². The van der Waals surface area contributed by atoms with Crippen LogP contribution >= 0.6 is 7.82 Å². The van der Waals surface area contributed by atoms with Crippen molar-refractivity contribution in [2.75, 3.05) is 0 Å². The van der Waals surface area contributed by atoms with Gasteiger partial charge in [0.1, 0.15) is 17.3 Å². The largest absolute Gasteiger partial charge is 0.647 e. The molecule has 5 heteroatoms. The van der Waals surface area contributed by atoms with Gasteiger partial charge >= 0.3 is 7.82 Å². The lowest BCUT2D eigenvalue weighted by Crippen LogP contribution is -2.02. The fraction of sp³-hybridized carbons (Fsp3) is 0.100. The summed E-state index contributed by atoms with van der Waals surface area (Å²) in [4.78, 5) is 0. The molecule has 1 aromatic carbocycles. The van der Waals surface area contributed by atoms with Crippen LogP contribution in [0.25, 0.3) is 0 Å². The van der Waals surface area contributed by atoms with E-state index in [1.807, 2.05) is 13.0 Å². The zero-order valence-corrected chi connectivity index (χ0v) is 15.4. The molecule has 0 aliphatic heterocycles. The summed E-state index contributed by atoms with van der Waals surface area (Å²) in [7, 11) is -3.99. The first kappa shape index (κ1) is 20.3. The fourth-order valence-corrected chi connectivity index (χ4v) is 2.96. The highest BCUT2D eigenvalue weighted by Crippen LogP contribution is 2.53. The third-order valence-corrected chi connectivity index (χ3v) is 3.99. The average molecular weight is 358 g/mol. The predicted octanol–water partition coefficient (Wildman–Crippen LogP) is 6.50. The molecule has 0 N–H and O–H groups in total. The summed E-state index contributed by atoms with van der Waals surface area (Å²) >= 11 is 0. The van der Waals surface area contributed by atoms with Gasteiger partial charge in [0, 0.05) is 0 Å². The fourth-order valence-electron chi connectivity index (χ4n) is 1.66. The van der Waals surface area contributed by atoms with Crippen molar-refractivity contribution in [1.29, 1.82) is 0 Å². The van der Waals surface area contributed by atoms with Crippen molar-refractivity contribution in [3.8, 4) is 5.75 Å². The molecule has 132 valence electrons. The monoisotopic (exact) mass is 358 g/mol. The number of rotatable bonds is 10. The summed E-state index contributed by atoms with van der Waals surface area (Å²) in [6.45, 7) is 10.8. The Hall–Kier alpha value is -2.71. The first-order valence-electron chi connectivity index (χ1n) is 7.71. The van der Waals surface area contributed by atoms with Crippen LogP contribution < -0.4 is 4.52 Å². The first-order chi connectivity index (χ1) is 12.1. The molecule has 0 heterocycles. The Kier molecular flexibility index (Phi) is 8.91. The Labute approximate surface area is 149 Å². The highest BCUT2D eigenvalue weighted by molar-refractivity contribution is 7.49. The lowest BCUT2D eigenvalue weighted by molar-refractivity contribution is 0.232. The zero-order chi connectivity index (χ0) is 18.5. The number of hydrogen-bond acceptors (Lipinski definition) is 4. The van der Waals surface area contributed by atoms with Crippen molar-refractivity contribution in [1.82, 2.24) is 0 Å². The van der Waals surface area contributed by atoms with Crippen molar-refractivity contribution in [2.45, 2.75) is 13.8 Å². The molecule has 0 saturated heterocycles. The van der Waals surface area contributed by atoms with Gasteiger partial charge in [-0.25, -0.2) is 0 Å². The molecule has 1 aromatic rings. The first-order valence-corrected chi connectivity index (χ1v) is 9.17. The number of hydrogen-bond donors (Lipinski definition) is 0. The molecule has 1 rings (SSSR count). The van der Waals surface area contributed by atoms with Crippen LogP contribution in [0.4, 0.5) is 0 Å². The minimum absolute atomic E-state index is 0.305. The summed E-state index contributed by atoms with van der Waals surface area (Å²) in [5.74, 6) is 1.00. The van der Waals surface area contributed by atoms with E-state index in [4.69, 9.17) is 13.6 Å². The summed E-state index contributed by atoms with van der Waals surface area (Å²) in [5.41, 5.74) is 0. The van der Waals surface area contributed by atoms with E-state index in [0.29, 0.717) is 17.3 Å². The molecule has 0 saturated carbocycles. The van der Waals surface area contributed by atoms with Crippen molar-refractivity contribution < 1.29 is 18.1 Å². The summed E-state index contributed by atoms with van der Waals surface area (Å²) in [6, 6.07) is 8.69. The average Bonchev–Trinajstić information content (AvgIpc) is 2.59. The molecular weight excluding hydrogens is 335 g/mol. The van der Waals surface area contributed by atoms with E-state index < -0.39 is 7.82 Å². The van der Waals surface area contributed by atoms with E-state index in [-0.39, 0.29) is 0 Å². The predicted molar refractivity (Wildman–Crippen MR) is 103 cm³/mol. The summed E-state index contributed by atoms with van der Waals surface area (Å²) in [6.07, 6.45) is 13.0. The summed E-state index contributed by atoms with van der Waals surface area (Å²) < 4.78 is 29.8. The molecule has 0 amide bonds. The van der Waals surface area contributed by atoms with Crippen LogP contribution in [-0.4, -0.2) is 0 Å². The van der Waals surface area contributed by atoms with Gasteiger partial charge in [-0.15, -0.1) is 0 Å². The molecule has 0 aromatic heterocycles. The van der Waals surface area contributed by atoms with Crippen LogP contribution in [0.2, 0.25) is 0 Å². The third-order valence-electron chi connectivity index (χ3n) is 2.69. The molecule has 0 bridgehead atoms. The van der Waals surface area contributed by atoms with Gasteiger partial charge in [-0.05, 0) is 50.3 Å². The van der Waals surface area contributed by atoms with Gasteiger partial charge in [-0.2, -0.15) is 4.57 Å². The molecule has 1 unspecified atom stereocenters. The van der Waals surface area contributed by atoms with Crippen molar-refractivity contribution in [3.63, 3.8) is 0 Å². The van der Waals surface area contributed by atoms with E-state index in [2.05, 4.69) is 13.2 Å². The van der Waals surface area contributed by atoms with Crippen molar-refractivity contribution >= 4 is 7.82 Å². The number of allylic oxidation sites excluding steroid dienone is 8. The Morgan fingerprint density at radius 2 is 1.68 bits per heavy atom. The maximum atomic E-state index is 13.2. The SMILES string of the molecule is C=C/C=C\C(=C/C)OP(=O)(OC(/C=C\C)=C/C=C)Oc1ccccc1. The topological polar surface area (TPSA) is 44.8 Å². The van der Waals surface area contributed by atoms with E-state index >= 15 is 0 Å². The summed E-state index contributed by atoms with van der Waals surface area (Å²) in [5, 5.41) is 0. The standard InChI is InChI=1S/C20H23O4P/c1-5-9-15-18(8-4)22-25(21,23-19(13-6-2)14-7-3)24-20-16-11-10-12-17-20/h5-17H,1-2H2,3-4H3/b14-7-,15-9-,18-8+,19-13+. The molecule has 4 nitrogen and oxygen atoms in total. The Bertz CT molecular complexity index is 727. The molecular formula is C20H23O4P. The molecule has 0 aliphatic rings. The minimum atomic E-state index is -3.99. The Morgan fingerprint density at radius 3 is 2.24 bits per heavy atom. The quantitative estimate of drug-likeness (QED) is 0.272. The Morgan fingerprint density at radius 1 is 1.00 bits per heavy atom. The molecule has 0 aliphatic carbocycles. The zero-order valence-electron chi connectivity index (χ0n) is 14.5. The van der Waals surface area contributed by atoms with Crippen molar-refractivity contribution in [3.05, 3.63) is 104 Å². The minimum Gasteiger partial charge on any atom is -0.386 e. The van der Waals surface area contributed by atoms with Crippen LogP contribution in [0.5, 0.6) is 5.75 Å². The lowest BCUT2D eigenvalue weighted by atomic mass is 10.3. The number of para-hydroxylation sites is 1. The second-order valence-corrected chi connectivity index (χ2v) is 6.07. The second-order valence-electron chi connectivity index (χ2n) is 4.62. The molecule has 0 spiro atoms. The maximum Gasteiger partial charge on any atom is 0.647 e. The normalized spacial score (nSPS) is 15.0. The number of phosphoric ester groups is 1. The maximum absolute atomic E-state index is 13.2. The van der Waals surface area contributed by atoms with Gasteiger partial charge in [0.25, 0.3) is 0 Å². The van der Waals surface area contributed by atoms with Crippen LogP contribution in [0.1, 0.15) is 13.8 Å². The molecule has 0 fully saturated rings. The third kappa shape index (κ3) is 7.60. The second kappa shape index (κ2) is 11.0. The van der Waals surface area contributed by atoms with Crippen molar-refractivity contribution in [2.24, 2.45) is 0 Å². The van der Waals surface area contributed by atoms with Gasteiger partial charge < -0.3 is 13.6 Å². The van der Waals surface area contributed by atoms with E-state index in [9.17, 15) is 4.57 Å². The van der Waals surface area contributed by atoms with Crippen LogP contribution in [0, 0.1) is 0 Å². The molecule has 0 radical (unpaired) electrons. The van der Waals surface area contributed by atoms with Gasteiger partial charge in [0.05, 0.1) is 0 Å². The molecule has 1 atom stereocenters. The molecule has 25 heavy (non-hydrogen) atoms. The lowest BCUT2D eigenvalue weighted by Gasteiger charge is -2.20. The smallest absolute Gasteiger partial charge is 0.386 e. The van der Waals surface area contributed by atoms with E-state index in [0.717, 1.165) is 0 Å². The highest BCUT2D eigenvalue weighted by atomic mass is 31.2. The van der Waals surface area contributed by atoms with Gasteiger partial charge in [0.2, 0.25) is 0 Å². The van der Waals surface area contributed by atoms with Gasteiger partial charge in [-0.3, -0.25) is 0 Å². The Balaban J connectivity index is 3.17. The van der Waals surface area contributed by atoms with Crippen LogP contribution in [0.3, 0.4) is 0 Å². The number of phosphoric acid groups is 1. The van der Waals surface area contributed by atoms with Crippen LogP contribution in [-0.2, 0) is 13.6 Å². The van der Waals surface area contributed by atoms with Crippen LogP contribution in [0.15, 0.2) is 104 Å².